The van der Waals surface area contributed by atoms with Crippen LogP contribution in [-0.2, 0) is 11.3 Å². The van der Waals surface area contributed by atoms with E-state index in [0.29, 0.717) is 28.8 Å². The van der Waals surface area contributed by atoms with E-state index in [9.17, 15) is 4.79 Å². The molecule has 3 aromatic heterocycles. The fourth-order valence-corrected chi connectivity index (χ4v) is 5.50. The summed E-state index contributed by atoms with van der Waals surface area (Å²) < 4.78 is 16.8. The summed E-state index contributed by atoms with van der Waals surface area (Å²) in [6.45, 7) is 5.55. The van der Waals surface area contributed by atoms with Gasteiger partial charge in [-0.05, 0) is 23.8 Å². The first-order valence-corrected chi connectivity index (χ1v) is 13.7. The van der Waals surface area contributed by atoms with Crippen molar-refractivity contribution < 1.29 is 18.7 Å². The van der Waals surface area contributed by atoms with Gasteiger partial charge in [-0.1, -0.05) is 6.07 Å². The Bertz CT molecular complexity index is 1370. The average molecular weight is 549 g/mol. The van der Waals surface area contributed by atoms with Crippen LogP contribution in [0.1, 0.15) is 28.9 Å². The lowest BCUT2D eigenvalue weighted by Crippen LogP contribution is -2.38. The van der Waals surface area contributed by atoms with Crippen LogP contribution in [0.4, 0.5) is 10.8 Å². The van der Waals surface area contributed by atoms with E-state index in [1.54, 1.807) is 23.8 Å². The molecule has 2 saturated heterocycles. The van der Waals surface area contributed by atoms with E-state index in [1.165, 1.54) is 17.7 Å². The Hall–Kier alpha value is -3.94. The minimum atomic E-state index is -0.293. The molecule has 1 N–H and O–H groups in total. The van der Waals surface area contributed by atoms with Crippen LogP contribution in [-0.4, -0.2) is 81.5 Å². The maximum absolute atomic E-state index is 13.2. The number of anilines is 2. The number of ether oxygens (including phenoxy) is 2. The maximum atomic E-state index is 13.2. The number of nitrogens with one attached hydrogen (secondary N) is 1. The highest BCUT2D eigenvalue weighted by Crippen LogP contribution is 2.30. The van der Waals surface area contributed by atoms with Crippen molar-refractivity contribution in [3.8, 4) is 17.5 Å². The van der Waals surface area contributed by atoms with Gasteiger partial charge in [-0.3, -0.25) is 9.69 Å². The summed E-state index contributed by atoms with van der Waals surface area (Å²) in [5.41, 5.74) is 2.71. The van der Waals surface area contributed by atoms with Crippen molar-refractivity contribution in [2.75, 3.05) is 49.6 Å². The van der Waals surface area contributed by atoms with E-state index in [-0.39, 0.29) is 12.0 Å². The molecule has 0 unspecified atom stereocenters. The minimum absolute atomic E-state index is 0.0562. The number of carbonyl (C=O) groups excluding carboxylic acids is 1. The van der Waals surface area contributed by atoms with Gasteiger partial charge in [-0.2, -0.15) is 0 Å². The lowest BCUT2D eigenvalue weighted by Gasteiger charge is -2.31. The third-order valence-electron chi connectivity index (χ3n) is 6.68. The molecule has 0 saturated carbocycles. The number of morpholine rings is 1. The van der Waals surface area contributed by atoms with Crippen LogP contribution in [0.2, 0.25) is 0 Å². The summed E-state index contributed by atoms with van der Waals surface area (Å²) in [5, 5.41) is 13.5. The summed E-state index contributed by atoms with van der Waals surface area (Å²) in [4.78, 5) is 30.6. The molecule has 2 aliphatic rings. The molecule has 12 nitrogen and oxygen atoms in total. The van der Waals surface area contributed by atoms with Crippen LogP contribution < -0.4 is 15.0 Å². The lowest BCUT2D eigenvalue weighted by molar-refractivity contribution is 0.0342. The van der Waals surface area contributed by atoms with Crippen molar-refractivity contribution in [3.05, 3.63) is 59.7 Å². The first-order valence-electron chi connectivity index (χ1n) is 12.9. The lowest BCUT2D eigenvalue weighted by atomic mass is 10.1. The van der Waals surface area contributed by atoms with Crippen LogP contribution in [0.15, 0.2) is 52.9 Å². The molecule has 4 aromatic rings. The molecule has 13 heteroatoms. The van der Waals surface area contributed by atoms with E-state index in [2.05, 4.69) is 40.3 Å². The first-order chi connectivity index (χ1) is 19.2. The number of thiazole rings is 1. The van der Waals surface area contributed by atoms with E-state index in [1.807, 2.05) is 18.2 Å². The molecule has 6 rings (SSSR count). The fraction of sp³-hybridized carbons (Fsp3) is 0.385. The van der Waals surface area contributed by atoms with Gasteiger partial charge in [0.2, 0.25) is 12.3 Å². The van der Waals surface area contributed by atoms with Crippen LogP contribution >= 0.6 is 11.3 Å². The summed E-state index contributed by atoms with van der Waals surface area (Å²) in [5.74, 6) is 0.0535. The van der Waals surface area contributed by atoms with E-state index in [4.69, 9.17) is 13.9 Å². The van der Waals surface area contributed by atoms with Gasteiger partial charge in [-0.15, -0.1) is 21.5 Å². The Kier molecular flexibility index (Phi) is 7.70. The smallest absolute Gasteiger partial charge is 0.316 e. The number of hydrogen-bond donors (Lipinski definition) is 1. The quantitative estimate of drug-likeness (QED) is 0.348. The zero-order chi connectivity index (χ0) is 26.4. The second kappa shape index (κ2) is 11.8. The zero-order valence-electron chi connectivity index (χ0n) is 21.2. The van der Waals surface area contributed by atoms with Crippen LogP contribution in [0.25, 0.3) is 11.5 Å². The summed E-state index contributed by atoms with van der Waals surface area (Å²) >= 11 is 1.46. The number of benzene rings is 1. The zero-order valence-corrected chi connectivity index (χ0v) is 22.0. The molecule has 2 fully saturated rings. The highest BCUT2D eigenvalue weighted by molar-refractivity contribution is 7.14. The molecule has 0 spiro atoms. The molecule has 2 aliphatic heterocycles. The SMILES string of the molecule is O=C(Nc1ccc(CN2CCOCC2)cc1-c1nnco1)c1csc(N2CCC(Oc3ncccn3)CC2)n1. The van der Waals surface area contributed by atoms with E-state index >= 15 is 0 Å². The molecule has 5 heterocycles. The van der Waals surface area contributed by atoms with Crippen LogP contribution in [0, 0.1) is 0 Å². The Morgan fingerprint density at radius 3 is 2.72 bits per heavy atom. The highest BCUT2D eigenvalue weighted by atomic mass is 32.1. The van der Waals surface area contributed by atoms with Gasteiger partial charge in [0.05, 0.1) is 24.5 Å². The van der Waals surface area contributed by atoms with Gasteiger partial charge in [0.1, 0.15) is 11.8 Å². The summed E-state index contributed by atoms with van der Waals surface area (Å²) in [7, 11) is 0. The summed E-state index contributed by atoms with van der Waals surface area (Å²) in [6, 6.07) is 8.03. The third-order valence-corrected chi connectivity index (χ3v) is 7.59. The second-order valence-corrected chi connectivity index (χ2v) is 10.2. The van der Waals surface area contributed by atoms with E-state index in [0.717, 1.165) is 69.5 Å². The topological polar surface area (TPSA) is 132 Å². The molecular weight excluding hydrogens is 520 g/mol. The highest BCUT2D eigenvalue weighted by Gasteiger charge is 2.24. The molecular formula is C26H28N8O4S. The first kappa shape index (κ1) is 25.3. The molecule has 202 valence electrons. The molecule has 1 amide bonds. The maximum Gasteiger partial charge on any atom is 0.316 e. The van der Waals surface area contributed by atoms with Gasteiger partial charge in [0.15, 0.2) is 5.13 Å². The molecule has 1 aromatic carbocycles. The van der Waals surface area contributed by atoms with Crippen LogP contribution in [0.5, 0.6) is 6.01 Å². The number of carbonyl (C=O) groups is 1. The Morgan fingerprint density at radius 2 is 1.95 bits per heavy atom. The largest absolute Gasteiger partial charge is 0.460 e. The number of hydrogen-bond acceptors (Lipinski definition) is 12. The van der Waals surface area contributed by atoms with E-state index < -0.39 is 0 Å². The molecule has 0 bridgehead atoms. The van der Waals surface area contributed by atoms with Crippen LogP contribution in [0.3, 0.4) is 0 Å². The summed E-state index contributed by atoms with van der Waals surface area (Å²) in [6.07, 6.45) is 6.33. The van der Waals surface area contributed by atoms with Gasteiger partial charge in [0.25, 0.3) is 5.91 Å². The number of nitrogens with zero attached hydrogens (tertiary/aromatic N) is 7. The Morgan fingerprint density at radius 1 is 1.13 bits per heavy atom. The van der Waals surface area contributed by atoms with Crippen molar-refractivity contribution in [1.29, 1.82) is 0 Å². The second-order valence-electron chi connectivity index (χ2n) is 9.32. The molecule has 0 radical (unpaired) electrons. The van der Waals surface area contributed by atoms with Crippen molar-refractivity contribution in [3.63, 3.8) is 0 Å². The predicted octanol–water partition coefficient (Wildman–Crippen LogP) is 3.12. The standard InChI is InChI=1S/C26H28N8O4S/c35-23(22-16-39-26(31-22)34-8-4-19(5-9-34)38-25-27-6-1-7-28-25)30-21-3-2-18(15-33-10-12-36-13-11-33)14-20(21)24-32-29-17-37-24/h1-3,6-7,14,16-17,19H,4-5,8-13,15H2,(H,30,35). The van der Waals surface area contributed by atoms with Gasteiger partial charge >= 0.3 is 6.01 Å². The Labute approximate surface area is 229 Å². The minimum Gasteiger partial charge on any atom is -0.460 e. The predicted molar refractivity (Wildman–Crippen MR) is 144 cm³/mol. The molecule has 39 heavy (non-hydrogen) atoms. The Balaban J connectivity index is 1.10. The van der Waals surface area contributed by atoms with Crippen molar-refractivity contribution in [2.45, 2.75) is 25.5 Å². The molecule has 0 aliphatic carbocycles. The number of amides is 1. The molecule has 0 atom stereocenters. The van der Waals surface area contributed by atoms with Gasteiger partial charge in [-0.25, -0.2) is 15.0 Å². The number of aromatic nitrogens is 5. The van der Waals surface area contributed by atoms with Gasteiger partial charge in [0, 0.05) is 63.3 Å². The monoisotopic (exact) mass is 548 g/mol. The number of rotatable bonds is 8. The van der Waals surface area contributed by atoms with Crippen molar-refractivity contribution >= 4 is 28.1 Å². The average Bonchev–Trinajstić information content (AvgIpc) is 3.69. The van der Waals surface area contributed by atoms with Gasteiger partial charge < -0.3 is 24.1 Å². The number of piperidine rings is 1. The third kappa shape index (κ3) is 6.21. The van der Waals surface area contributed by atoms with Crippen molar-refractivity contribution in [1.82, 2.24) is 30.0 Å². The van der Waals surface area contributed by atoms with Crippen molar-refractivity contribution in [2.24, 2.45) is 0 Å². The fourth-order valence-electron chi connectivity index (χ4n) is 4.64. The normalized spacial score (nSPS) is 16.8.